The molecule has 25 heavy (non-hydrogen) atoms. The van der Waals surface area contributed by atoms with E-state index in [4.69, 9.17) is 20.9 Å². The molecule has 8 heteroatoms. The van der Waals surface area contributed by atoms with Gasteiger partial charge in [-0.25, -0.2) is 4.98 Å². The van der Waals surface area contributed by atoms with Gasteiger partial charge in [0.25, 0.3) is 0 Å². The molecule has 7 nitrogen and oxygen atoms in total. The summed E-state index contributed by atoms with van der Waals surface area (Å²) in [5, 5.41) is 6.75. The summed E-state index contributed by atoms with van der Waals surface area (Å²) >= 11 is 5.98. The third-order valence-electron chi connectivity index (χ3n) is 3.49. The van der Waals surface area contributed by atoms with Crippen molar-refractivity contribution in [3.05, 3.63) is 59.2 Å². The van der Waals surface area contributed by atoms with E-state index in [0.29, 0.717) is 18.5 Å². The van der Waals surface area contributed by atoms with Gasteiger partial charge in [0.1, 0.15) is 10.9 Å². The number of ether oxygens (including phenoxy) is 1. The zero-order valence-corrected chi connectivity index (χ0v) is 14.2. The van der Waals surface area contributed by atoms with Crippen LogP contribution < -0.4 is 10.1 Å². The van der Waals surface area contributed by atoms with Crippen LogP contribution in [0, 0.1) is 0 Å². The monoisotopic (exact) mass is 358 g/mol. The maximum absolute atomic E-state index is 12.1. The predicted octanol–water partition coefficient (Wildman–Crippen LogP) is 2.77. The SMILES string of the molecule is COc1ccccc1CCNC(=O)c1nc(-c2cccnc2Cl)no1. The molecule has 1 N–H and O–H groups in total. The topological polar surface area (TPSA) is 90.1 Å². The Balaban J connectivity index is 1.62. The number of hydrogen-bond acceptors (Lipinski definition) is 6. The highest BCUT2D eigenvalue weighted by Crippen LogP contribution is 2.22. The summed E-state index contributed by atoms with van der Waals surface area (Å²) in [5.41, 5.74) is 1.50. The zero-order chi connectivity index (χ0) is 17.6. The van der Waals surface area contributed by atoms with Gasteiger partial charge >= 0.3 is 11.8 Å². The number of benzene rings is 1. The lowest BCUT2D eigenvalue weighted by atomic mass is 10.1. The first-order chi connectivity index (χ1) is 12.2. The number of pyridine rings is 1. The second kappa shape index (κ2) is 7.76. The highest BCUT2D eigenvalue weighted by atomic mass is 35.5. The molecule has 3 rings (SSSR count). The van der Waals surface area contributed by atoms with E-state index < -0.39 is 5.91 Å². The predicted molar refractivity (Wildman–Crippen MR) is 91.6 cm³/mol. The average Bonchev–Trinajstić information content (AvgIpc) is 3.12. The molecule has 0 aliphatic heterocycles. The zero-order valence-electron chi connectivity index (χ0n) is 13.4. The third kappa shape index (κ3) is 3.95. The van der Waals surface area contributed by atoms with Crippen molar-refractivity contribution in [3.63, 3.8) is 0 Å². The summed E-state index contributed by atoms with van der Waals surface area (Å²) in [5.74, 6) is 0.416. The average molecular weight is 359 g/mol. The van der Waals surface area contributed by atoms with Gasteiger partial charge in [0.15, 0.2) is 0 Å². The van der Waals surface area contributed by atoms with E-state index in [2.05, 4.69) is 20.4 Å². The van der Waals surface area contributed by atoms with Crippen molar-refractivity contribution in [1.29, 1.82) is 0 Å². The minimum Gasteiger partial charge on any atom is -0.496 e. The van der Waals surface area contributed by atoms with Crippen molar-refractivity contribution in [2.24, 2.45) is 0 Å². The molecular formula is C17H15ClN4O3. The van der Waals surface area contributed by atoms with Crippen LogP contribution in [0.2, 0.25) is 5.15 Å². The van der Waals surface area contributed by atoms with Gasteiger partial charge in [0, 0.05) is 12.7 Å². The molecule has 2 heterocycles. The number of nitrogens with one attached hydrogen (secondary N) is 1. The van der Waals surface area contributed by atoms with Crippen LogP contribution in [0.5, 0.6) is 5.75 Å². The molecule has 0 aliphatic rings. The number of methoxy groups -OCH3 is 1. The van der Waals surface area contributed by atoms with Gasteiger partial charge in [-0.05, 0) is 30.2 Å². The van der Waals surface area contributed by atoms with Crippen molar-refractivity contribution in [2.75, 3.05) is 13.7 Å². The molecule has 0 radical (unpaired) electrons. The molecule has 3 aromatic rings. The summed E-state index contributed by atoms with van der Waals surface area (Å²) < 4.78 is 10.3. The Labute approximate surface area is 149 Å². The van der Waals surface area contributed by atoms with Crippen LogP contribution in [-0.2, 0) is 6.42 Å². The Kier molecular flexibility index (Phi) is 5.25. The quantitative estimate of drug-likeness (QED) is 0.681. The van der Waals surface area contributed by atoms with Crippen LogP contribution in [0.1, 0.15) is 16.2 Å². The van der Waals surface area contributed by atoms with E-state index in [1.807, 2.05) is 24.3 Å². The Bertz CT molecular complexity index is 882. The number of halogens is 1. The molecule has 2 aromatic heterocycles. The number of amides is 1. The van der Waals surface area contributed by atoms with Crippen molar-refractivity contribution in [1.82, 2.24) is 20.4 Å². The number of nitrogens with zero attached hydrogens (tertiary/aromatic N) is 3. The van der Waals surface area contributed by atoms with Crippen LogP contribution >= 0.6 is 11.6 Å². The van der Waals surface area contributed by atoms with Crippen molar-refractivity contribution < 1.29 is 14.1 Å². The van der Waals surface area contributed by atoms with Gasteiger partial charge in [-0.15, -0.1) is 0 Å². The van der Waals surface area contributed by atoms with Crippen LogP contribution in [0.15, 0.2) is 47.1 Å². The molecule has 0 fully saturated rings. The Morgan fingerprint density at radius 3 is 2.92 bits per heavy atom. The Morgan fingerprint density at radius 1 is 1.28 bits per heavy atom. The summed E-state index contributed by atoms with van der Waals surface area (Å²) in [6.45, 7) is 0.407. The molecule has 0 unspecified atom stereocenters. The van der Waals surface area contributed by atoms with E-state index >= 15 is 0 Å². The van der Waals surface area contributed by atoms with Crippen molar-refractivity contribution in [3.8, 4) is 17.1 Å². The molecule has 0 saturated carbocycles. The fourth-order valence-electron chi connectivity index (χ4n) is 2.27. The molecular weight excluding hydrogens is 344 g/mol. The van der Waals surface area contributed by atoms with Crippen LogP contribution in [0.25, 0.3) is 11.4 Å². The van der Waals surface area contributed by atoms with Gasteiger partial charge in [-0.3, -0.25) is 4.79 Å². The smallest absolute Gasteiger partial charge is 0.316 e. The van der Waals surface area contributed by atoms with Gasteiger partial charge in [-0.1, -0.05) is 35.0 Å². The lowest BCUT2D eigenvalue weighted by Crippen LogP contribution is -2.26. The first-order valence-corrected chi connectivity index (χ1v) is 7.91. The minimum absolute atomic E-state index is 0.130. The maximum Gasteiger partial charge on any atom is 0.316 e. The summed E-state index contributed by atoms with van der Waals surface area (Å²) in [7, 11) is 1.61. The number of hydrogen-bond donors (Lipinski definition) is 1. The first-order valence-electron chi connectivity index (χ1n) is 7.53. The highest BCUT2D eigenvalue weighted by Gasteiger charge is 2.17. The minimum atomic E-state index is -0.450. The fraction of sp³-hybridized carbons (Fsp3) is 0.176. The number of rotatable bonds is 6. The Hall–Kier alpha value is -2.93. The van der Waals surface area contributed by atoms with E-state index in [1.165, 1.54) is 0 Å². The summed E-state index contributed by atoms with van der Waals surface area (Å²) in [6, 6.07) is 11.0. The molecule has 128 valence electrons. The Morgan fingerprint density at radius 2 is 2.12 bits per heavy atom. The lowest BCUT2D eigenvalue weighted by Gasteiger charge is -2.08. The van der Waals surface area contributed by atoms with Crippen molar-refractivity contribution in [2.45, 2.75) is 6.42 Å². The standard InChI is InChI=1S/C17H15ClN4O3/c1-24-13-7-3-2-5-11(13)8-10-20-16(23)17-21-15(22-25-17)12-6-4-9-19-14(12)18/h2-7,9H,8,10H2,1H3,(H,20,23). The van der Waals surface area contributed by atoms with Crippen LogP contribution in [-0.4, -0.2) is 34.7 Å². The van der Waals surface area contributed by atoms with E-state index in [9.17, 15) is 4.79 Å². The van der Waals surface area contributed by atoms with E-state index in [-0.39, 0.29) is 16.9 Å². The maximum atomic E-state index is 12.1. The van der Waals surface area contributed by atoms with Gasteiger partial charge in [0.2, 0.25) is 5.82 Å². The summed E-state index contributed by atoms with van der Waals surface area (Å²) in [4.78, 5) is 20.1. The van der Waals surface area contributed by atoms with Gasteiger partial charge < -0.3 is 14.6 Å². The molecule has 0 aliphatic carbocycles. The number of para-hydroxylation sites is 1. The largest absolute Gasteiger partial charge is 0.496 e. The van der Waals surface area contributed by atoms with Crippen molar-refractivity contribution >= 4 is 17.5 Å². The fourth-order valence-corrected chi connectivity index (χ4v) is 2.48. The number of aromatic nitrogens is 3. The number of carbonyl (C=O) groups is 1. The van der Waals surface area contributed by atoms with E-state index in [1.54, 1.807) is 25.4 Å². The third-order valence-corrected chi connectivity index (χ3v) is 3.79. The second-order valence-corrected chi connectivity index (χ2v) is 5.44. The van der Waals surface area contributed by atoms with Crippen LogP contribution in [0.4, 0.5) is 0 Å². The normalized spacial score (nSPS) is 10.5. The molecule has 1 aromatic carbocycles. The first kappa shape index (κ1) is 16.9. The molecule has 0 atom stereocenters. The molecule has 1 amide bonds. The van der Waals surface area contributed by atoms with Gasteiger partial charge in [-0.2, -0.15) is 4.98 Å². The van der Waals surface area contributed by atoms with E-state index in [0.717, 1.165) is 11.3 Å². The molecule has 0 bridgehead atoms. The highest BCUT2D eigenvalue weighted by molar-refractivity contribution is 6.31. The number of carbonyl (C=O) groups excluding carboxylic acids is 1. The molecule has 0 saturated heterocycles. The second-order valence-electron chi connectivity index (χ2n) is 5.08. The van der Waals surface area contributed by atoms with Gasteiger partial charge in [0.05, 0.1) is 12.7 Å². The summed E-state index contributed by atoms with van der Waals surface area (Å²) in [6.07, 6.45) is 2.17. The van der Waals surface area contributed by atoms with Crippen LogP contribution in [0.3, 0.4) is 0 Å². The lowest BCUT2D eigenvalue weighted by molar-refractivity contribution is 0.0910. The molecule has 0 spiro atoms.